The lowest BCUT2D eigenvalue weighted by Crippen LogP contribution is -2.49. The normalized spacial score (nSPS) is 16.5. The fraction of sp³-hybridized carbons (Fsp3) is 0.500. The Morgan fingerprint density at radius 1 is 1.17 bits per heavy atom. The summed E-state index contributed by atoms with van der Waals surface area (Å²) in [5, 5.41) is 7.61. The maximum Gasteiger partial charge on any atom is 0.321 e. The predicted molar refractivity (Wildman–Crippen MR) is 83.0 cm³/mol. The first kappa shape index (κ1) is 17.2. The summed E-state index contributed by atoms with van der Waals surface area (Å²) in [7, 11) is 0. The van der Waals surface area contributed by atoms with Crippen LogP contribution in [0.2, 0.25) is 0 Å². The molecular formula is C16H21F2N3O2. The SMILES string of the molecule is C[C@H](Nc1ccc(F)cc1F)C(=O)NC(=O)NC1CCCCC1. The van der Waals surface area contributed by atoms with Gasteiger partial charge in [-0.05, 0) is 31.9 Å². The average Bonchev–Trinajstić information content (AvgIpc) is 2.50. The van der Waals surface area contributed by atoms with E-state index in [9.17, 15) is 18.4 Å². The number of halogens is 2. The molecule has 126 valence electrons. The minimum Gasteiger partial charge on any atom is -0.372 e. The van der Waals surface area contributed by atoms with Gasteiger partial charge >= 0.3 is 6.03 Å². The summed E-state index contributed by atoms with van der Waals surface area (Å²) >= 11 is 0. The number of amides is 3. The van der Waals surface area contributed by atoms with Crippen molar-refractivity contribution in [3.8, 4) is 0 Å². The second-order valence-electron chi connectivity index (χ2n) is 5.79. The largest absolute Gasteiger partial charge is 0.372 e. The van der Waals surface area contributed by atoms with Gasteiger partial charge < -0.3 is 10.6 Å². The highest BCUT2D eigenvalue weighted by Crippen LogP contribution is 2.17. The molecule has 0 saturated heterocycles. The molecule has 0 spiro atoms. The summed E-state index contributed by atoms with van der Waals surface area (Å²) in [6, 6.07) is 1.72. The van der Waals surface area contributed by atoms with Gasteiger partial charge in [0, 0.05) is 12.1 Å². The Labute approximate surface area is 133 Å². The Kier molecular flexibility index (Phi) is 5.90. The molecule has 1 aromatic rings. The van der Waals surface area contributed by atoms with E-state index in [2.05, 4.69) is 16.0 Å². The molecule has 1 saturated carbocycles. The second kappa shape index (κ2) is 7.89. The van der Waals surface area contributed by atoms with Crippen LogP contribution in [-0.4, -0.2) is 24.0 Å². The molecule has 0 radical (unpaired) electrons. The van der Waals surface area contributed by atoms with E-state index in [1.54, 1.807) is 0 Å². The summed E-state index contributed by atoms with van der Waals surface area (Å²) in [6.45, 7) is 1.49. The quantitative estimate of drug-likeness (QED) is 0.797. The lowest BCUT2D eigenvalue weighted by atomic mass is 9.96. The lowest BCUT2D eigenvalue weighted by Gasteiger charge is -2.23. The highest BCUT2D eigenvalue weighted by Gasteiger charge is 2.20. The lowest BCUT2D eigenvalue weighted by molar-refractivity contribution is -0.120. The number of carbonyl (C=O) groups is 2. The maximum absolute atomic E-state index is 13.5. The van der Waals surface area contributed by atoms with Gasteiger partial charge in [0.1, 0.15) is 17.7 Å². The molecule has 1 aliphatic rings. The first-order chi connectivity index (χ1) is 11.0. The molecule has 7 heteroatoms. The summed E-state index contributed by atoms with van der Waals surface area (Å²) in [5.74, 6) is -2.07. The summed E-state index contributed by atoms with van der Waals surface area (Å²) in [6.07, 6.45) is 5.14. The minimum atomic E-state index is -0.841. The molecular weight excluding hydrogens is 304 g/mol. The number of hydrogen-bond donors (Lipinski definition) is 3. The Hall–Kier alpha value is -2.18. The van der Waals surface area contributed by atoms with Crippen molar-refractivity contribution >= 4 is 17.6 Å². The zero-order valence-electron chi connectivity index (χ0n) is 13.0. The van der Waals surface area contributed by atoms with Gasteiger partial charge in [-0.2, -0.15) is 0 Å². The van der Waals surface area contributed by atoms with Crippen molar-refractivity contribution in [3.63, 3.8) is 0 Å². The number of anilines is 1. The smallest absolute Gasteiger partial charge is 0.321 e. The van der Waals surface area contributed by atoms with Crippen molar-refractivity contribution in [2.45, 2.75) is 51.1 Å². The fourth-order valence-corrected chi connectivity index (χ4v) is 2.59. The van der Waals surface area contributed by atoms with Crippen molar-refractivity contribution in [1.82, 2.24) is 10.6 Å². The molecule has 2 rings (SSSR count). The number of benzene rings is 1. The topological polar surface area (TPSA) is 70.2 Å². The molecule has 1 aliphatic carbocycles. The molecule has 0 unspecified atom stereocenters. The van der Waals surface area contributed by atoms with Gasteiger partial charge in [0.2, 0.25) is 5.91 Å². The van der Waals surface area contributed by atoms with E-state index in [0.717, 1.165) is 37.8 Å². The van der Waals surface area contributed by atoms with Crippen LogP contribution in [0.4, 0.5) is 19.3 Å². The van der Waals surface area contributed by atoms with E-state index in [1.165, 1.54) is 19.4 Å². The van der Waals surface area contributed by atoms with Crippen LogP contribution < -0.4 is 16.0 Å². The fourth-order valence-electron chi connectivity index (χ4n) is 2.59. The molecule has 0 bridgehead atoms. The highest BCUT2D eigenvalue weighted by molar-refractivity contribution is 5.98. The molecule has 3 N–H and O–H groups in total. The molecule has 0 heterocycles. The third-order valence-corrected chi connectivity index (χ3v) is 3.87. The average molecular weight is 325 g/mol. The molecule has 0 aromatic heterocycles. The van der Waals surface area contributed by atoms with Crippen LogP contribution in [0.1, 0.15) is 39.0 Å². The van der Waals surface area contributed by atoms with E-state index in [-0.39, 0.29) is 11.7 Å². The van der Waals surface area contributed by atoms with Crippen LogP contribution in [0.3, 0.4) is 0 Å². The van der Waals surface area contributed by atoms with Gasteiger partial charge in [-0.15, -0.1) is 0 Å². The molecule has 1 fully saturated rings. The number of nitrogens with one attached hydrogen (secondary N) is 3. The van der Waals surface area contributed by atoms with E-state index >= 15 is 0 Å². The monoisotopic (exact) mass is 325 g/mol. The van der Waals surface area contributed by atoms with Crippen LogP contribution in [-0.2, 0) is 4.79 Å². The van der Waals surface area contributed by atoms with Gasteiger partial charge in [0.25, 0.3) is 0 Å². The van der Waals surface area contributed by atoms with Crippen LogP contribution in [0.25, 0.3) is 0 Å². The first-order valence-corrected chi connectivity index (χ1v) is 7.78. The third-order valence-electron chi connectivity index (χ3n) is 3.87. The molecule has 23 heavy (non-hydrogen) atoms. The second-order valence-corrected chi connectivity index (χ2v) is 5.79. The van der Waals surface area contributed by atoms with Crippen molar-refractivity contribution in [1.29, 1.82) is 0 Å². The summed E-state index contributed by atoms with van der Waals surface area (Å²) in [4.78, 5) is 23.7. The predicted octanol–water partition coefficient (Wildman–Crippen LogP) is 2.92. The van der Waals surface area contributed by atoms with Gasteiger partial charge in [-0.1, -0.05) is 19.3 Å². The number of carbonyl (C=O) groups excluding carboxylic acids is 2. The Balaban J connectivity index is 1.83. The number of imide groups is 1. The first-order valence-electron chi connectivity index (χ1n) is 7.78. The molecule has 0 aliphatic heterocycles. The summed E-state index contributed by atoms with van der Waals surface area (Å²) < 4.78 is 26.4. The molecule has 3 amide bonds. The number of rotatable bonds is 4. The maximum atomic E-state index is 13.5. The van der Waals surface area contributed by atoms with Crippen molar-refractivity contribution in [3.05, 3.63) is 29.8 Å². The van der Waals surface area contributed by atoms with Crippen LogP contribution in [0, 0.1) is 11.6 Å². The summed E-state index contributed by atoms with van der Waals surface area (Å²) in [5.41, 5.74) is 0.00161. The number of hydrogen-bond acceptors (Lipinski definition) is 3. The van der Waals surface area contributed by atoms with Gasteiger partial charge in [0.15, 0.2) is 0 Å². The third kappa shape index (κ3) is 5.19. The van der Waals surface area contributed by atoms with Crippen LogP contribution >= 0.6 is 0 Å². The highest BCUT2D eigenvalue weighted by atomic mass is 19.1. The van der Waals surface area contributed by atoms with Gasteiger partial charge in [-0.25, -0.2) is 13.6 Å². The van der Waals surface area contributed by atoms with Gasteiger partial charge in [0.05, 0.1) is 5.69 Å². The standard InChI is InChI=1S/C16H21F2N3O2/c1-10(19-14-8-7-11(17)9-13(14)18)15(22)21-16(23)20-12-5-3-2-4-6-12/h7-10,12,19H,2-6H2,1H3,(H2,20,21,22,23)/t10-/m0/s1. The Morgan fingerprint density at radius 2 is 1.87 bits per heavy atom. The van der Waals surface area contributed by atoms with E-state index in [4.69, 9.17) is 0 Å². The zero-order valence-corrected chi connectivity index (χ0v) is 13.0. The number of urea groups is 1. The molecule has 1 aromatic carbocycles. The Morgan fingerprint density at radius 3 is 2.52 bits per heavy atom. The van der Waals surface area contributed by atoms with Crippen molar-refractivity contribution in [2.75, 3.05) is 5.32 Å². The molecule has 1 atom stereocenters. The van der Waals surface area contributed by atoms with Gasteiger partial charge in [-0.3, -0.25) is 10.1 Å². The molecule has 5 nitrogen and oxygen atoms in total. The van der Waals surface area contributed by atoms with Crippen LogP contribution in [0.15, 0.2) is 18.2 Å². The van der Waals surface area contributed by atoms with Crippen LogP contribution in [0.5, 0.6) is 0 Å². The minimum absolute atomic E-state index is 0.00161. The van der Waals surface area contributed by atoms with E-state index in [1.807, 2.05) is 0 Å². The van der Waals surface area contributed by atoms with E-state index in [0.29, 0.717) is 0 Å². The van der Waals surface area contributed by atoms with Crippen molar-refractivity contribution < 1.29 is 18.4 Å². The zero-order chi connectivity index (χ0) is 16.8. The Bertz CT molecular complexity index is 574. The van der Waals surface area contributed by atoms with E-state index < -0.39 is 29.6 Å². The van der Waals surface area contributed by atoms with Crippen molar-refractivity contribution in [2.24, 2.45) is 0 Å².